The van der Waals surface area contributed by atoms with Crippen LogP contribution in [0.25, 0.3) is 16.5 Å². The van der Waals surface area contributed by atoms with E-state index in [1.807, 2.05) is 51.5 Å². The summed E-state index contributed by atoms with van der Waals surface area (Å²) in [5.41, 5.74) is 1.77. The van der Waals surface area contributed by atoms with Gasteiger partial charge in [-0.1, -0.05) is 17.3 Å². The van der Waals surface area contributed by atoms with Crippen molar-refractivity contribution in [2.24, 2.45) is 0 Å². The summed E-state index contributed by atoms with van der Waals surface area (Å²) in [6.45, 7) is 6.51. The lowest BCUT2D eigenvalue weighted by atomic mass is 10.0. The first-order valence-corrected chi connectivity index (χ1v) is 8.52. The summed E-state index contributed by atoms with van der Waals surface area (Å²) in [7, 11) is 3.98. The van der Waals surface area contributed by atoms with Crippen LogP contribution in [0.3, 0.4) is 0 Å². The largest absolute Gasteiger partial charge is 0.349 e. The first-order chi connectivity index (χ1) is 12.3. The first-order valence-electron chi connectivity index (χ1n) is 8.52. The second kappa shape index (κ2) is 6.84. The molecule has 0 fully saturated rings. The minimum Gasteiger partial charge on any atom is -0.349 e. The number of nitrogens with zero attached hydrogens (tertiary/aromatic N) is 5. The number of likely N-dealkylation sites (N-methyl/N-ethyl adjacent to an activating group) is 1. The fourth-order valence-electron chi connectivity index (χ4n) is 2.60. The number of amides is 1. The lowest BCUT2D eigenvalue weighted by molar-refractivity contribution is 0.0914. The van der Waals surface area contributed by atoms with Crippen molar-refractivity contribution in [3.05, 3.63) is 48.0 Å². The van der Waals surface area contributed by atoms with Crippen LogP contribution in [-0.2, 0) is 0 Å². The molecule has 1 N–H and O–H groups in total. The van der Waals surface area contributed by atoms with Gasteiger partial charge in [-0.3, -0.25) is 9.78 Å². The second-order valence-corrected chi connectivity index (χ2v) is 7.20. The van der Waals surface area contributed by atoms with Gasteiger partial charge >= 0.3 is 0 Å². The van der Waals surface area contributed by atoms with E-state index >= 15 is 0 Å². The summed E-state index contributed by atoms with van der Waals surface area (Å²) < 4.78 is 1.70. The second-order valence-electron chi connectivity index (χ2n) is 7.20. The molecule has 0 radical (unpaired) electrons. The Balaban J connectivity index is 1.89. The van der Waals surface area contributed by atoms with Crippen LogP contribution in [0.4, 0.5) is 0 Å². The van der Waals surface area contributed by atoms with E-state index in [0.717, 1.165) is 16.5 Å². The minimum atomic E-state index is -0.217. The van der Waals surface area contributed by atoms with Crippen LogP contribution in [0.2, 0.25) is 0 Å². The molecule has 0 saturated carbocycles. The Morgan fingerprint density at radius 2 is 2.04 bits per heavy atom. The van der Waals surface area contributed by atoms with Gasteiger partial charge in [0.25, 0.3) is 5.91 Å². The third-order valence-electron chi connectivity index (χ3n) is 4.89. The summed E-state index contributed by atoms with van der Waals surface area (Å²) in [5.74, 6) is -0.217. The van der Waals surface area contributed by atoms with Crippen molar-refractivity contribution in [2.75, 3.05) is 20.6 Å². The molecule has 0 aliphatic rings. The summed E-state index contributed by atoms with van der Waals surface area (Å²) in [6.07, 6.45) is 3.55. The number of carbonyl (C=O) groups excluding carboxylic acids is 1. The number of benzene rings is 1. The molecule has 136 valence electrons. The average molecular weight is 352 g/mol. The van der Waals surface area contributed by atoms with Gasteiger partial charge in [0.05, 0.1) is 11.4 Å². The monoisotopic (exact) mass is 352 g/mol. The molecule has 0 spiro atoms. The summed E-state index contributed by atoms with van der Waals surface area (Å²) in [4.78, 5) is 18.8. The number of nitrogens with one attached hydrogen (secondary N) is 1. The maximum Gasteiger partial charge on any atom is 0.273 e. The van der Waals surface area contributed by atoms with Gasteiger partial charge < -0.3 is 10.2 Å². The quantitative estimate of drug-likeness (QED) is 0.762. The minimum absolute atomic E-state index is 0.151. The highest BCUT2D eigenvalue weighted by atomic mass is 16.2. The normalized spacial score (nSPS) is 11.9. The third kappa shape index (κ3) is 3.30. The van der Waals surface area contributed by atoms with Gasteiger partial charge in [0, 0.05) is 35.2 Å². The number of fused-ring (bicyclic) bond motifs is 1. The molecular weight excluding hydrogens is 328 g/mol. The van der Waals surface area contributed by atoms with E-state index in [-0.39, 0.29) is 11.4 Å². The van der Waals surface area contributed by atoms with E-state index in [4.69, 9.17) is 0 Å². The number of aromatic nitrogens is 4. The zero-order chi connectivity index (χ0) is 18.9. The fourth-order valence-corrected chi connectivity index (χ4v) is 2.60. The molecule has 0 aliphatic heterocycles. The maximum atomic E-state index is 12.6. The zero-order valence-corrected chi connectivity index (χ0v) is 15.8. The molecule has 26 heavy (non-hydrogen) atoms. The van der Waals surface area contributed by atoms with Crippen LogP contribution >= 0.6 is 0 Å². The predicted octanol–water partition coefficient (Wildman–Crippen LogP) is 2.19. The van der Waals surface area contributed by atoms with Crippen molar-refractivity contribution < 1.29 is 4.79 Å². The Kier molecular flexibility index (Phi) is 4.73. The highest BCUT2D eigenvalue weighted by molar-refractivity contribution is 5.94. The molecular formula is C19H24N6O. The first kappa shape index (κ1) is 18.0. The van der Waals surface area contributed by atoms with E-state index < -0.39 is 0 Å². The number of rotatable bonds is 5. The number of hydrogen-bond acceptors (Lipinski definition) is 5. The van der Waals surface area contributed by atoms with Crippen molar-refractivity contribution in [2.45, 2.75) is 26.3 Å². The molecule has 0 bridgehead atoms. The van der Waals surface area contributed by atoms with E-state index in [2.05, 4.69) is 39.4 Å². The Morgan fingerprint density at radius 1 is 1.27 bits per heavy atom. The molecule has 7 nitrogen and oxygen atoms in total. The van der Waals surface area contributed by atoms with Gasteiger partial charge in [-0.2, -0.15) is 0 Å². The van der Waals surface area contributed by atoms with Crippen LogP contribution in [-0.4, -0.2) is 57.0 Å². The highest BCUT2D eigenvalue weighted by Gasteiger charge is 2.24. The van der Waals surface area contributed by atoms with Crippen LogP contribution in [0, 0.1) is 6.92 Å². The van der Waals surface area contributed by atoms with Crippen molar-refractivity contribution in [3.8, 4) is 5.69 Å². The van der Waals surface area contributed by atoms with Crippen LogP contribution in [0.15, 0.2) is 36.7 Å². The number of pyridine rings is 1. The van der Waals surface area contributed by atoms with E-state index in [1.165, 1.54) is 0 Å². The molecule has 0 unspecified atom stereocenters. The molecule has 1 amide bonds. The van der Waals surface area contributed by atoms with Crippen molar-refractivity contribution >= 4 is 16.7 Å². The van der Waals surface area contributed by atoms with E-state index in [0.29, 0.717) is 17.9 Å². The topological polar surface area (TPSA) is 75.9 Å². The van der Waals surface area contributed by atoms with E-state index in [9.17, 15) is 4.79 Å². The molecule has 0 saturated heterocycles. The van der Waals surface area contributed by atoms with Gasteiger partial charge in [0.1, 0.15) is 0 Å². The number of hydrogen-bond donors (Lipinski definition) is 1. The van der Waals surface area contributed by atoms with E-state index in [1.54, 1.807) is 10.9 Å². The van der Waals surface area contributed by atoms with Crippen LogP contribution < -0.4 is 5.32 Å². The highest BCUT2D eigenvalue weighted by Crippen LogP contribution is 2.22. The molecule has 0 aliphatic carbocycles. The predicted molar refractivity (Wildman–Crippen MR) is 101 cm³/mol. The maximum absolute atomic E-state index is 12.6. The Labute approximate surface area is 153 Å². The SMILES string of the molecule is Cc1c(C(=O)NCC(C)(C)N(C)C)nnn1-c1cccc2cnccc12. The summed E-state index contributed by atoms with van der Waals surface area (Å²) in [5, 5.41) is 13.3. The molecule has 1 aromatic carbocycles. The Hall–Kier alpha value is -2.80. The van der Waals surface area contributed by atoms with Gasteiger partial charge in [0.2, 0.25) is 0 Å². The molecule has 2 aromatic heterocycles. The molecule has 2 heterocycles. The zero-order valence-electron chi connectivity index (χ0n) is 15.8. The standard InChI is InChI=1S/C19H24N6O/c1-13-17(18(26)21-12-19(2,3)24(4)5)22-23-25(13)16-8-6-7-14-11-20-10-9-15(14)16/h6-11H,12H2,1-5H3,(H,21,26). The van der Waals surface area contributed by atoms with Gasteiger partial charge in [-0.15, -0.1) is 5.10 Å². The fraction of sp³-hybridized carbons (Fsp3) is 0.368. The molecule has 3 rings (SSSR count). The lowest BCUT2D eigenvalue weighted by Gasteiger charge is -2.32. The summed E-state index contributed by atoms with van der Waals surface area (Å²) >= 11 is 0. The average Bonchev–Trinajstić information content (AvgIpc) is 3.00. The Bertz CT molecular complexity index is 939. The Morgan fingerprint density at radius 3 is 2.77 bits per heavy atom. The lowest BCUT2D eigenvalue weighted by Crippen LogP contribution is -2.48. The van der Waals surface area contributed by atoms with Crippen molar-refractivity contribution in [1.29, 1.82) is 0 Å². The van der Waals surface area contributed by atoms with Crippen LogP contribution in [0.5, 0.6) is 0 Å². The van der Waals surface area contributed by atoms with Crippen molar-refractivity contribution in [1.82, 2.24) is 30.2 Å². The summed E-state index contributed by atoms with van der Waals surface area (Å²) in [6, 6.07) is 7.83. The van der Waals surface area contributed by atoms with Crippen LogP contribution in [0.1, 0.15) is 30.0 Å². The molecule has 7 heteroatoms. The molecule has 0 atom stereocenters. The number of carbonyl (C=O) groups is 1. The third-order valence-corrected chi connectivity index (χ3v) is 4.89. The smallest absolute Gasteiger partial charge is 0.273 e. The van der Waals surface area contributed by atoms with Gasteiger partial charge in [0.15, 0.2) is 5.69 Å². The molecule has 3 aromatic rings. The van der Waals surface area contributed by atoms with Crippen molar-refractivity contribution in [3.63, 3.8) is 0 Å². The van der Waals surface area contributed by atoms with Gasteiger partial charge in [-0.05, 0) is 47.0 Å². The van der Waals surface area contributed by atoms with Gasteiger partial charge in [-0.25, -0.2) is 4.68 Å².